The molecule has 0 bridgehead atoms. The second-order valence-corrected chi connectivity index (χ2v) is 4.77. The van der Waals surface area contributed by atoms with E-state index in [4.69, 9.17) is 5.11 Å². The van der Waals surface area contributed by atoms with Gasteiger partial charge in [-0.2, -0.15) is 13.2 Å². The number of hydrogen-bond acceptors (Lipinski definition) is 2. The Labute approximate surface area is 108 Å². The van der Waals surface area contributed by atoms with Crippen molar-refractivity contribution in [3.8, 4) is 0 Å². The lowest BCUT2D eigenvalue weighted by Gasteiger charge is -2.12. The summed E-state index contributed by atoms with van der Waals surface area (Å²) in [4.78, 5) is 10.8. The molecule has 19 heavy (non-hydrogen) atoms. The fourth-order valence-corrected chi connectivity index (χ4v) is 2.28. The number of rotatable bonds is 3. The molecule has 0 amide bonds. The number of nitrogens with one attached hydrogen (secondary N) is 1. The van der Waals surface area contributed by atoms with Gasteiger partial charge < -0.3 is 10.4 Å². The normalized spacial score (nSPS) is 23.5. The van der Waals surface area contributed by atoms with Gasteiger partial charge in [0.05, 0.1) is 12.3 Å². The number of aliphatic carboxylic acids is 1. The van der Waals surface area contributed by atoms with Crippen LogP contribution in [0.15, 0.2) is 24.3 Å². The molecule has 0 spiro atoms. The zero-order valence-electron chi connectivity index (χ0n) is 10.1. The van der Waals surface area contributed by atoms with E-state index in [1.807, 2.05) is 0 Å². The van der Waals surface area contributed by atoms with Crippen LogP contribution in [0.4, 0.5) is 13.2 Å². The van der Waals surface area contributed by atoms with Crippen molar-refractivity contribution in [1.82, 2.24) is 5.32 Å². The van der Waals surface area contributed by atoms with Gasteiger partial charge in [-0.25, -0.2) is 0 Å². The zero-order valence-corrected chi connectivity index (χ0v) is 10.1. The summed E-state index contributed by atoms with van der Waals surface area (Å²) < 4.78 is 36.6. The van der Waals surface area contributed by atoms with E-state index in [1.54, 1.807) is 12.1 Å². The van der Waals surface area contributed by atoms with Gasteiger partial charge in [0.25, 0.3) is 0 Å². The third-order valence-corrected chi connectivity index (χ3v) is 3.27. The van der Waals surface area contributed by atoms with Crippen LogP contribution in [-0.4, -0.2) is 23.8 Å². The minimum Gasteiger partial charge on any atom is -0.481 e. The van der Waals surface area contributed by atoms with E-state index >= 15 is 0 Å². The molecule has 3 nitrogen and oxygen atoms in total. The maximum Gasteiger partial charge on any atom is 0.393 e. The van der Waals surface area contributed by atoms with Crippen LogP contribution in [0.2, 0.25) is 0 Å². The van der Waals surface area contributed by atoms with Gasteiger partial charge in [0, 0.05) is 12.6 Å². The maximum atomic E-state index is 12.2. The van der Waals surface area contributed by atoms with Crippen LogP contribution in [0.25, 0.3) is 0 Å². The van der Waals surface area contributed by atoms with Crippen molar-refractivity contribution < 1.29 is 23.1 Å². The van der Waals surface area contributed by atoms with Gasteiger partial charge in [-0.15, -0.1) is 0 Å². The van der Waals surface area contributed by atoms with Gasteiger partial charge in [0.2, 0.25) is 0 Å². The smallest absolute Gasteiger partial charge is 0.393 e. The monoisotopic (exact) mass is 273 g/mol. The molecular formula is C13H14F3NO2. The lowest BCUT2D eigenvalue weighted by molar-refractivity contribution is -0.141. The third-order valence-electron chi connectivity index (χ3n) is 3.27. The number of carboxylic acids is 1. The van der Waals surface area contributed by atoms with Crippen LogP contribution in [0.5, 0.6) is 0 Å². The molecule has 1 aromatic rings. The molecule has 2 atom stereocenters. The fraction of sp³-hybridized carbons (Fsp3) is 0.462. The Morgan fingerprint density at radius 2 is 1.95 bits per heavy atom. The molecule has 0 aliphatic carbocycles. The minimum atomic E-state index is -4.21. The average molecular weight is 273 g/mol. The molecule has 1 heterocycles. The van der Waals surface area contributed by atoms with Crippen molar-refractivity contribution in [1.29, 1.82) is 0 Å². The first-order valence-corrected chi connectivity index (χ1v) is 5.97. The number of carboxylic acid groups (broad SMARTS) is 1. The Morgan fingerprint density at radius 1 is 1.32 bits per heavy atom. The van der Waals surface area contributed by atoms with E-state index < -0.39 is 24.5 Å². The van der Waals surface area contributed by atoms with Crippen LogP contribution >= 0.6 is 0 Å². The Balaban J connectivity index is 2.01. The van der Waals surface area contributed by atoms with Crippen LogP contribution in [0.3, 0.4) is 0 Å². The van der Waals surface area contributed by atoms with Crippen LogP contribution in [0, 0.1) is 5.92 Å². The summed E-state index contributed by atoms with van der Waals surface area (Å²) >= 11 is 0. The van der Waals surface area contributed by atoms with Crippen molar-refractivity contribution in [2.75, 3.05) is 6.54 Å². The first-order chi connectivity index (χ1) is 8.85. The largest absolute Gasteiger partial charge is 0.481 e. The number of alkyl halides is 3. The number of halogens is 3. The van der Waals surface area contributed by atoms with Crippen molar-refractivity contribution in [3.05, 3.63) is 35.4 Å². The predicted molar refractivity (Wildman–Crippen MR) is 62.7 cm³/mol. The van der Waals surface area contributed by atoms with E-state index in [9.17, 15) is 18.0 Å². The third kappa shape index (κ3) is 3.70. The van der Waals surface area contributed by atoms with E-state index in [-0.39, 0.29) is 11.6 Å². The van der Waals surface area contributed by atoms with Gasteiger partial charge in [-0.3, -0.25) is 4.79 Å². The van der Waals surface area contributed by atoms with Gasteiger partial charge in [-0.05, 0) is 17.5 Å². The molecule has 6 heteroatoms. The highest BCUT2D eigenvalue weighted by Gasteiger charge is 2.30. The summed E-state index contributed by atoms with van der Waals surface area (Å²) in [7, 11) is 0. The molecule has 2 N–H and O–H groups in total. The standard InChI is InChI=1S/C13H14F3NO2/c14-13(15,16)6-8-1-3-9(4-2-8)11-5-10(7-17-11)12(18)19/h1-4,10-11,17H,5-7H2,(H,18,19). The number of benzene rings is 1. The molecule has 104 valence electrons. The highest BCUT2D eigenvalue weighted by molar-refractivity contribution is 5.70. The van der Waals surface area contributed by atoms with Crippen LogP contribution in [-0.2, 0) is 11.2 Å². The summed E-state index contributed by atoms with van der Waals surface area (Å²) in [5.74, 6) is -1.27. The van der Waals surface area contributed by atoms with Crippen molar-refractivity contribution >= 4 is 5.97 Å². The number of carbonyl (C=O) groups is 1. The second-order valence-electron chi connectivity index (χ2n) is 4.77. The summed E-state index contributed by atoms with van der Waals surface area (Å²) in [5, 5.41) is 12.0. The molecule has 2 rings (SSSR count). The highest BCUT2D eigenvalue weighted by Crippen LogP contribution is 2.28. The zero-order chi connectivity index (χ0) is 14.0. The maximum absolute atomic E-state index is 12.2. The van der Waals surface area contributed by atoms with E-state index in [0.717, 1.165) is 5.56 Å². The molecule has 0 radical (unpaired) electrons. The Morgan fingerprint density at radius 3 is 2.42 bits per heavy atom. The van der Waals surface area contributed by atoms with Gasteiger partial charge >= 0.3 is 12.1 Å². The van der Waals surface area contributed by atoms with Crippen molar-refractivity contribution in [2.45, 2.75) is 25.1 Å². The lowest BCUT2D eigenvalue weighted by Crippen LogP contribution is -2.17. The van der Waals surface area contributed by atoms with Gasteiger partial charge in [-0.1, -0.05) is 24.3 Å². The van der Waals surface area contributed by atoms with Gasteiger partial charge in [0.1, 0.15) is 0 Å². The summed E-state index contributed by atoms with van der Waals surface area (Å²) in [6.45, 7) is 0.393. The van der Waals surface area contributed by atoms with Crippen molar-refractivity contribution in [3.63, 3.8) is 0 Å². The molecule has 1 fully saturated rings. The summed E-state index contributed by atoms with van der Waals surface area (Å²) in [6, 6.07) is 6.05. The molecule has 1 saturated heterocycles. The minimum absolute atomic E-state index is 0.0963. The molecular weight excluding hydrogens is 259 g/mol. The fourth-order valence-electron chi connectivity index (χ4n) is 2.28. The molecule has 1 aliphatic rings. The summed E-state index contributed by atoms with van der Waals surface area (Å²) in [6.07, 6.45) is -4.68. The second kappa shape index (κ2) is 5.21. The average Bonchev–Trinajstić information content (AvgIpc) is 2.77. The van der Waals surface area contributed by atoms with Crippen LogP contribution in [0.1, 0.15) is 23.6 Å². The lowest BCUT2D eigenvalue weighted by atomic mass is 9.99. The van der Waals surface area contributed by atoms with Gasteiger partial charge in [0.15, 0.2) is 0 Å². The Hall–Kier alpha value is -1.56. The molecule has 0 aromatic heterocycles. The molecule has 0 saturated carbocycles. The highest BCUT2D eigenvalue weighted by atomic mass is 19.4. The van der Waals surface area contributed by atoms with E-state index in [1.165, 1.54) is 12.1 Å². The van der Waals surface area contributed by atoms with Crippen molar-refractivity contribution in [2.24, 2.45) is 5.92 Å². The SMILES string of the molecule is O=C(O)C1CNC(c2ccc(CC(F)(F)F)cc2)C1. The molecule has 1 aromatic carbocycles. The number of hydrogen-bond donors (Lipinski definition) is 2. The Kier molecular flexibility index (Phi) is 3.80. The Bertz CT molecular complexity index is 456. The van der Waals surface area contributed by atoms with E-state index in [2.05, 4.69) is 5.32 Å². The van der Waals surface area contributed by atoms with Crippen LogP contribution < -0.4 is 5.32 Å². The van der Waals surface area contributed by atoms with E-state index in [0.29, 0.717) is 13.0 Å². The molecule has 1 aliphatic heterocycles. The summed E-state index contributed by atoms with van der Waals surface area (Å²) in [5.41, 5.74) is 1.04. The first-order valence-electron chi connectivity index (χ1n) is 5.97. The first kappa shape index (κ1) is 13.9. The molecule has 2 unspecified atom stereocenters. The predicted octanol–water partition coefficient (Wildman–Crippen LogP) is 2.53. The quantitative estimate of drug-likeness (QED) is 0.889. The topological polar surface area (TPSA) is 49.3 Å².